The first kappa shape index (κ1) is 24.8. The van der Waals surface area contributed by atoms with Crippen LogP contribution in [0.5, 0.6) is 0 Å². The number of carbonyl (C=O) groups is 2. The Balaban J connectivity index is 1.59. The Hall–Kier alpha value is -4.34. The lowest BCUT2D eigenvalue weighted by atomic mass is 10.1. The maximum Gasteiger partial charge on any atom is 0.324 e. The molecule has 10 heteroatoms. The van der Waals surface area contributed by atoms with Crippen molar-refractivity contribution in [2.45, 2.75) is 26.8 Å². The van der Waals surface area contributed by atoms with Crippen LogP contribution in [-0.2, 0) is 6.54 Å². The molecule has 36 heavy (non-hydrogen) atoms. The fourth-order valence-corrected chi connectivity index (χ4v) is 4.14. The molecule has 0 radical (unpaired) electrons. The Morgan fingerprint density at radius 3 is 2.53 bits per heavy atom. The maximum atomic E-state index is 13.6. The van der Waals surface area contributed by atoms with Crippen LogP contribution in [-0.4, -0.2) is 34.9 Å². The van der Waals surface area contributed by atoms with Crippen molar-refractivity contribution in [1.29, 1.82) is 0 Å². The lowest BCUT2D eigenvalue weighted by Gasteiger charge is -2.36. The predicted molar refractivity (Wildman–Crippen MR) is 131 cm³/mol. The molecule has 1 heterocycles. The van der Waals surface area contributed by atoms with E-state index in [2.05, 4.69) is 5.32 Å². The molecule has 0 atom stereocenters. The van der Waals surface area contributed by atoms with Crippen LogP contribution in [0.25, 0.3) is 0 Å². The van der Waals surface area contributed by atoms with E-state index in [-0.39, 0.29) is 23.8 Å². The van der Waals surface area contributed by atoms with E-state index in [4.69, 9.17) is 0 Å². The molecule has 3 amide bonds. The Labute approximate surface area is 206 Å². The molecule has 1 N–H and O–H groups in total. The summed E-state index contributed by atoms with van der Waals surface area (Å²) >= 11 is 0. The smallest absolute Gasteiger partial charge is 0.320 e. The van der Waals surface area contributed by atoms with Gasteiger partial charge >= 0.3 is 6.03 Å². The van der Waals surface area contributed by atoms with Crippen molar-refractivity contribution in [3.05, 3.63) is 98.6 Å². The van der Waals surface area contributed by atoms with Gasteiger partial charge in [0, 0.05) is 36.8 Å². The average molecular weight is 494 g/mol. The maximum absolute atomic E-state index is 13.6. The van der Waals surface area contributed by atoms with Gasteiger partial charge < -0.3 is 10.2 Å². The van der Waals surface area contributed by atoms with Crippen LogP contribution in [0.1, 0.15) is 33.5 Å². The summed E-state index contributed by atoms with van der Waals surface area (Å²) in [4.78, 5) is 40.1. The summed E-state index contributed by atoms with van der Waals surface area (Å²) < 4.78 is 26.9. The van der Waals surface area contributed by atoms with E-state index in [9.17, 15) is 28.5 Å². The molecule has 3 aromatic rings. The molecule has 0 aromatic heterocycles. The van der Waals surface area contributed by atoms with E-state index < -0.39 is 22.5 Å². The van der Waals surface area contributed by atoms with Gasteiger partial charge in [0.2, 0.25) is 0 Å². The molecule has 0 aliphatic carbocycles. The van der Waals surface area contributed by atoms with Crippen LogP contribution in [0.15, 0.2) is 54.6 Å². The van der Waals surface area contributed by atoms with Gasteiger partial charge in [-0.25, -0.2) is 13.6 Å². The largest absolute Gasteiger partial charge is 0.324 e. The van der Waals surface area contributed by atoms with Gasteiger partial charge in [-0.05, 0) is 61.7 Å². The van der Waals surface area contributed by atoms with E-state index in [1.54, 1.807) is 19.1 Å². The molecule has 4 rings (SSSR count). The number of anilines is 2. The molecule has 0 bridgehead atoms. The van der Waals surface area contributed by atoms with E-state index in [0.29, 0.717) is 42.0 Å². The number of nitro groups is 1. The molecule has 1 saturated heterocycles. The summed E-state index contributed by atoms with van der Waals surface area (Å²) in [7, 11) is 0. The molecular weight excluding hydrogens is 470 g/mol. The zero-order valence-electron chi connectivity index (χ0n) is 19.8. The zero-order chi connectivity index (χ0) is 26.0. The van der Waals surface area contributed by atoms with Crippen LogP contribution in [0.3, 0.4) is 0 Å². The monoisotopic (exact) mass is 494 g/mol. The number of aryl methyl sites for hydroxylation is 2. The van der Waals surface area contributed by atoms with Crippen molar-refractivity contribution in [2.75, 3.05) is 23.3 Å². The number of rotatable bonds is 6. The predicted octanol–water partition coefficient (Wildman–Crippen LogP) is 5.57. The standard InChI is InChI=1S/C26H24F2N4O4/c1-16-4-9-23(22(12-16)29-25(33)19-7-5-17(2)24(14-19)32(35)36)31-11-3-10-30(26(31)34)15-18-6-8-20(27)21(28)13-18/h4-9,12-14H,3,10-11,15H2,1-2H3,(H,29,33). The molecule has 3 aromatic carbocycles. The molecule has 1 fully saturated rings. The molecular formula is C26H24F2N4O4. The zero-order valence-corrected chi connectivity index (χ0v) is 19.8. The highest BCUT2D eigenvalue weighted by Gasteiger charge is 2.29. The van der Waals surface area contributed by atoms with Crippen molar-refractivity contribution < 1.29 is 23.3 Å². The van der Waals surface area contributed by atoms with Gasteiger partial charge in [0.05, 0.1) is 16.3 Å². The molecule has 0 saturated carbocycles. The second-order valence-electron chi connectivity index (χ2n) is 8.69. The summed E-state index contributed by atoms with van der Waals surface area (Å²) in [6.07, 6.45) is 0.626. The Morgan fingerprint density at radius 2 is 1.81 bits per heavy atom. The van der Waals surface area contributed by atoms with Crippen LogP contribution >= 0.6 is 0 Å². The first-order valence-corrected chi connectivity index (χ1v) is 11.3. The molecule has 8 nitrogen and oxygen atoms in total. The minimum Gasteiger partial charge on any atom is -0.320 e. The molecule has 1 aliphatic heterocycles. The number of halogens is 2. The fraction of sp³-hybridized carbons (Fsp3) is 0.231. The van der Waals surface area contributed by atoms with Gasteiger partial charge in [0.15, 0.2) is 11.6 Å². The first-order valence-electron chi connectivity index (χ1n) is 11.3. The SMILES string of the molecule is Cc1ccc(N2CCCN(Cc3ccc(F)c(F)c3)C2=O)c(NC(=O)c2ccc(C)c([N+](=O)[O-])c2)c1. The number of amides is 3. The van der Waals surface area contributed by atoms with Gasteiger partial charge in [0.1, 0.15) is 0 Å². The highest BCUT2D eigenvalue weighted by molar-refractivity contribution is 6.08. The summed E-state index contributed by atoms with van der Waals surface area (Å²) in [5.74, 6) is -2.48. The number of nitrogens with zero attached hydrogens (tertiary/aromatic N) is 3. The number of benzene rings is 3. The topological polar surface area (TPSA) is 95.8 Å². The number of nitrogens with one attached hydrogen (secondary N) is 1. The van der Waals surface area contributed by atoms with E-state index in [1.807, 2.05) is 13.0 Å². The number of hydrogen-bond acceptors (Lipinski definition) is 4. The Bertz CT molecular complexity index is 1360. The summed E-state index contributed by atoms with van der Waals surface area (Å²) in [5.41, 5.74) is 2.54. The van der Waals surface area contributed by atoms with E-state index in [1.165, 1.54) is 34.1 Å². The van der Waals surface area contributed by atoms with Crippen LogP contribution in [0, 0.1) is 35.6 Å². The fourth-order valence-electron chi connectivity index (χ4n) is 4.14. The molecule has 0 unspecified atom stereocenters. The van der Waals surface area contributed by atoms with Gasteiger partial charge in [-0.3, -0.25) is 19.8 Å². The van der Waals surface area contributed by atoms with Crippen molar-refractivity contribution in [2.24, 2.45) is 0 Å². The third kappa shape index (κ3) is 5.17. The minimum atomic E-state index is -0.978. The average Bonchev–Trinajstić information content (AvgIpc) is 2.83. The Morgan fingerprint density at radius 1 is 1.03 bits per heavy atom. The van der Waals surface area contributed by atoms with Gasteiger partial charge in [-0.15, -0.1) is 0 Å². The summed E-state index contributed by atoms with van der Waals surface area (Å²) in [6.45, 7) is 4.37. The quantitative estimate of drug-likeness (QED) is 0.358. The second-order valence-corrected chi connectivity index (χ2v) is 8.69. The summed E-state index contributed by atoms with van der Waals surface area (Å²) in [5, 5.41) is 14.1. The van der Waals surface area contributed by atoms with Gasteiger partial charge in [-0.2, -0.15) is 0 Å². The molecule has 0 spiro atoms. The lowest BCUT2D eigenvalue weighted by molar-refractivity contribution is -0.385. The van der Waals surface area contributed by atoms with Crippen LogP contribution in [0.4, 0.5) is 30.6 Å². The van der Waals surface area contributed by atoms with Crippen molar-refractivity contribution in [1.82, 2.24) is 4.90 Å². The third-order valence-corrected chi connectivity index (χ3v) is 6.03. The molecule has 1 aliphatic rings. The van der Waals surface area contributed by atoms with Crippen molar-refractivity contribution in [3.8, 4) is 0 Å². The normalized spacial score (nSPS) is 13.6. The molecule has 186 valence electrons. The van der Waals surface area contributed by atoms with E-state index in [0.717, 1.165) is 17.7 Å². The first-order chi connectivity index (χ1) is 17.1. The van der Waals surface area contributed by atoms with Gasteiger partial charge in [-0.1, -0.05) is 18.2 Å². The number of hydrogen-bond donors (Lipinski definition) is 1. The highest BCUT2D eigenvalue weighted by atomic mass is 19.2. The third-order valence-electron chi connectivity index (χ3n) is 6.03. The number of nitro benzene ring substituents is 1. The van der Waals surface area contributed by atoms with Crippen LogP contribution < -0.4 is 10.2 Å². The number of carbonyl (C=O) groups excluding carboxylic acids is 2. The lowest BCUT2D eigenvalue weighted by Crippen LogP contribution is -2.49. The van der Waals surface area contributed by atoms with E-state index >= 15 is 0 Å². The minimum absolute atomic E-state index is 0.104. The van der Waals surface area contributed by atoms with Gasteiger partial charge in [0.25, 0.3) is 11.6 Å². The number of urea groups is 1. The van der Waals surface area contributed by atoms with Crippen molar-refractivity contribution in [3.63, 3.8) is 0 Å². The second kappa shape index (κ2) is 10.1. The summed E-state index contributed by atoms with van der Waals surface area (Å²) in [6, 6.07) is 12.7. The van der Waals surface area contributed by atoms with Crippen molar-refractivity contribution >= 4 is 29.0 Å². The Kier molecular flexibility index (Phi) is 6.96. The highest BCUT2D eigenvalue weighted by Crippen LogP contribution is 2.31. The van der Waals surface area contributed by atoms with Crippen LogP contribution in [0.2, 0.25) is 0 Å².